The average molecular weight is 237 g/mol. The quantitative estimate of drug-likeness (QED) is 0.790. The number of aromatic nitrogens is 2. The van der Waals surface area contributed by atoms with Crippen LogP contribution in [0.1, 0.15) is 52.3 Å². The highest BCUT2D eigenvalue weighted by Crippen LogP contribution is 2.13. The predicted molar refractivity (Wildman–Crippen MR) is 73.2 cm³/mol. The Balaban J connectivity index is 2.54. The number of hydrogen-bond acceptors (Lipinski definition) is 2. The fourth-order valence-electron chi connectivity index (χ4n) is 1.98. The van der Waals surface area contributed by atoms with Crippen LogP contribution in [-0.2, 0) is 6.42 Å². The molecule has 0 spiro atoms. The van der Waals surface area contributed by atoms with Gasteiger partial charge in [0, 0.05) is 24.7 Å². The molecule has 0 aromatic carbocycles. The number of rotatable bonds is 7. The highest BCUT2D eigenvalue weighted by atomic mass is 15.3. The smallest absolute Gasteiger partial charge is 0.0640 e. The molecule has 0 bridgehead atoms. The maximum absolute atomic E-state index is 4.61. The maximum atomic E-state index is 4.61. The Morgan fingerprint density at radius 1 is 1.35 bits per heavy atom. The summed E-state index contributed by atoms with van der Waals surface area (Å²) in [5.74, 6) is 0.777. The molecule has 0 aliphatic rings. The second-order valence-corrected chi connectivity index (χ2v) is 5.32. The van der Waals surface area contributed by atoms with E-state index in [1.807, 2.05) is 11.7 Å². The van der Waals surface area contributed by atoms with Crippen molar-refractivity contribution in [2.45, 2.75) is 59.0 Å². The lowest BCUT2D eigenvalue weighted by atomic mass is 9.96. The van der Waals surface area contributed by atoms with Crippen LogP contribution in [0.25, 0.3) is 0 Å². The molecule has 1 heterocycles. The highest BCUT2D eigenvalue weighted by molar-refractivity contribution is 5.02. The van der Waals surface area contributed by atoms with Gasteiger partial charge in [0.25, 0.3) is 0 Å². The Morgan fingerprint density at radius 2 is 2.06 bits per heavy atom. The summed E-state index contributed by atoms with van der Waals surface area (Å²) >= 11 is 0. The van der Waals surface area contributed by atoms with Gasteiger partial charge in [-0.05, 0) is 39.3 Å². The first-order valence-corrected chi connectivity index (χ1v) is 6.78. The minimum absolute atomic E-state index is 0.450. The first-order valence-electron chi connectivity index (χ1n) is 6.78. The maximum Gasteiger partial charge on any atom is 0.0640 e. The van der Waals surface area contributed by atoms with E-state index in [0.717, 1.165) is 12.3 Å². The van der Waals surface area contributed by atoms with Crippen molar-refractivity contribution in [3.8, 4) is 0 Å². The van der Waals surface area contributed by atoms with Crippen molar-refractivity contribution >= 4 is 0 Å². The minimum Gasteiger partial charge on any atom is -0.317 e. The van der Waals surface area contributed by atoms with Crippen molar-refractivity contribution in [1.82, 2.24) is 15.1 Å². The van der Waals surface area contributed by atoms with Crippen LogP contribution in [0.15, 0.2) is 12.3 Å². The molecule has 0 aliphatic carbocycles. The molecule has 0 amide bonds. The zero-order chi connectivity index (χ0) is 12.8. The van der Waals surface area contributed by atoms with E-state index >= 15 is 0 Å². The third-order valence-corrected chi connectivity index (χ3v) is 3.44. The van der Waals surface area contributed by atoms with Crippen LogP contribution in [0.4, 0.5) is 0 Å². The molecule has 1 N–H and O–H groups in total. The highest BCUT2D eigenvalue weighted by Gasteiger charge is 2.13. The molecule has 17 heavy (non-hydrogen) atoms. The third-order valence-electron chi connectivity index (χ3n) is 3.44. The van der Waals surface area contributed by atoms with E-state index in [0.29, 0.717) is 12.1 Å². The summed E-state index contributed by atoms with van der Waals surface area (Å²) in [6.07, 6.45) is 5.58. The van der Waals surface area contributed by atoms with Gasteiger partial charge in [0.1, 0.15) is 0 Å². The summed E-state index contributed by atoms with van der Waals surface area (Å²) in [7, 11) is 2.05. The molecular weight excluding hydrogens is 210 g/mol. The molecule has 98 valence electrons. The number of hydrogen-bond donors (Lipinski definition) is 1. The normalized spacial score (nSPS) is 15.2. The molecule has 1 aromatic heterocycles. The molecule has 2 atom stereocenters. The largest absolute Gasteiger partial charge is 0.317 e. The van der Waals surface area contributed by atoms with Gasteiger partial charge in [-0.2, -0.15) is 5.10 Å². The van der Waals surface area contributed by atoms with E-state index in [4.69, 9.17) is 0 Å². The Kier molecular flexibility index (Phi) is 5.69. The molecule has 1 rings (SSSR count). The topological polar surface area (TPSA) is 29.9 Å². The SMILES string of the molecule is CCC(C)CC(Cc1ccn(C(C)C)n1)NC. The van der Waals surface area contributed by atoms with Crippen molar-refractivity contribution in [3.05, 3.63) is 18.0 Å². The van der Waals surface area contributed by atoms with E-state index in [2.05, 4.69) is 50.4 Å². The molecule has 3 nitrogen and oxygen atoms in total. The van der Waals surface area contributed by atoms with Gasteiger partial charge in [0.2, 0.25) is 0 Å². The third kappa shape index (κ3) is 4.50. The van der Waals surface area contributed by atoms with Gasteiger partial charge in [0.15, 0.2) is 0 Å². The molecule has 0 saturated heterocycles. The standard InChI is InChI=1S/C14H27N3/c1-6-12(4)9-14(15-5)10-13-7-8-17(16-13)11(2)3/h7-8,11-12,14-15H,6,9-10H2,1-5H3. The molecule has 0 saturated carbocycles. The Hall–Kier alpha value is -0.830. The van der Waals surface area contributed by atoms with Crippen molar-refractivity contribution < 1.29 is 0 Å². The number of likely N-dealkylation sites (N-methyl/N-ethyl adjacent to an activating group) is 1. The summed E-state index contributed by atoms with van der Waals surface area (Å²) < 4.78 is 2.03. The molecule has 0 fully saturated rings. The Morgan fingerprint density at radius 3 is 2.53 bits per heavy atom. The first kappa shape index (κ1) is 14.2. The van der Waals surface area contributed by atoms with E-state index in [-0.39, 0.29) is 0 Å². The van der Waals surface area contributed by atoms with Gasteiger partial charge in [0.05, 0.1) is 5.69 Å². The Labute approximate surface area is 106 Å². The van der Waals surface area contributed by atoms with Crippen molar-refractivity contribution in [2.24, 2.45) is 5.92 Å². The zero-order valence-corrected chi connectivity index (χ0v) is 11.9. The summed E-state index contributed by atoms with van der Waals surface area (Å²) in [6.45, 7) is 8.89. The fraction of sp³-hybridized carbons (Fsp3) is 0.786. The first-order chi connectivity index (χ1) is 8.06. The van der Waals surface area contributed by atoms with E-state index in [1.54, 1.807) is 0 Å². The second kappa shape index (κ2) is 6.80. The molecular formula is C14H27N3. The van der Waals surface area contributed by atoms with Crippen LogP contribution in [-0.4, -0.2) is 22.9 Å². The number of nitrogens with zero attached hydrogens (tertiary/aromatic N) is 2. The lowest BCUT2D eigenvalue weighted by Gasteiger charge is -2.18. The lowest BCUT2D eigenvalue weighted by molar-refractivity contribution is 0.406. The fourth-order valence-corrected chi connectivity index (χ4v) is 1.98. The van der Waals surface area contributed by atoms with Crippen LogP contribution >= 0.6 is 0 Å². The van der Waals surface area contributed by atoms with E-state index in [1.165, 1.54) is 18.5 Å². The van der Waals surface area contributed by atoms with Crippen molar-refractivity contribution in [1.29, 1.82) is 0 Å². The van der Waals surface area contributed by atoms with Crippen LogP contribution in [0.3, 0.4) is 0 Å². The summed E-state index contributed by atoms with van der Waals surface area (Å²) in [4.78, 5) is 0. The molecule has 3 heteroatoms. The van der Waals surface area contributed by atoms with Gasteiger partial charge in [-0.3, -0.25) is 4.68 Å². The zero-order valence-electron chi connectivity index (χ0n) is 11.9. The van der Waals surface area contributed by atoms with Crippen LogP contribution in [0, 0.1) is 5.92 Å². The molecule has 1 aromatic rings. The van der Waals surface area contributed by atoms with Crippen LogP contribution in [0.5, 0.6) is 0 Å². The van der Waals surface area contributed by atoms with Gasteiger partial charge in [-0.1, -0.05) is 20.3 Å². The van der Waals surface area contributed by atoms with E-state index < -0.39 is 0 Å². The monoisotopic (exact) mass is 237 g/mol. The van der Waals surface area contributed by atoms with Crippen LogP contribution < -0.4 is 5.32 Å². The van der Waals surface area contributed by atoms with Gasteiger partial charge >= 0.3 is 0 Å². The van der Waals surface area contributed by atoms with Gasteiger partial charge < -0.3 is 5.32 Å². The minimum atomic E-state index is 0.450. The summed E-state index contributed by atoms with van der Waals surface area (Å²) in [5, 5.41) is 8.01. The molecule has 0 radical (unpaired) electrons. The average Bonchev–Trinajstić information content (AvgIpc) is 2.76. The summed E-state index contributed by atoms with van der Waals surface area (Å²) in [6, 6.07) is 3.13. The predicted octanol–water partition coefficient (Wildman–Crippen LogP) is 3.03. The van der Waals surface area contributed by atoms with Gasteiger partial charge in [-0.25, -0.2) is 0 Å². The van der Waals surface area contributed by atoms with Crippen LogP contribution in [0.2, 0.25) is 0 Å². The van der Waals surface area contributed by atoms with Crippen molar-refractivity contribution in [2.75, 3.05) is 7.05 Å². The number of nitrogens with one attached hydrogen (secondary N) is 1. The van der Waals surface area contributed by atoms with Crippen molar-refractivity contribution in [3.63, 3.8) is 0 Å². The Bertz CT molecular complexity index is 317. The van der Waals surface area contributed by atoms with Gasteiger partial charge in [-0.15, -0.1) is 0 Å². The second-order valence-electron chi connectivity index (χ2n) is 5.32. The lowest BCUT2D eigenvalue weighted by Crippen LogP contribution is -2.29. The van der Waals surface area contributed by atoms with E-state index in [9.17, 15) is 0 Å². The molecule has 0 aliphatic heterocycles. The molecule has 2 unspecified atom stereocenters. The summed E-state index contributed by atoms with van der Waals surface area (Å²) in [5.41, 5.74) is 1.20.